The molecule has 1 heterocycles. The van der Waals surface area contributed by atoms with Crippen molar-refractivity contribution in [2.75, 3.05) is 39.3 Å². The molecular formula is C16H26BrN3. The zero-order chi connectivity index (χ0) is 14.4. The summed E-state index contributed by atoms with van der Waals surface area (Å²) in [6.45, 7) is 13.3. The highest BCUT2D eigenvalue weighted by atomic mass is 79.9. The molecule has 0 bridgehead atoms. The van der Waals surface area contributed by atoms with Crippen LogP contribution < -0.4 is 5.32 Å². The van der Waals surface area contributed by atoms with Crippen LogP contribution in [0.25, 0.3) is 0 Å². The molecule has 0 aromatic heterocycles. The molecule has 20 heavy (non-hydrogen) atoms. The van der Waals surface area contributed by atoms with E-state index in [4.69, 9.17) is 0 Å². The van der Waals surface area contributed by atoms with Gasteiger partial charge < -0.3 is 10.2 Å². The van der Waals surface area contributed by atoms with Crippen LogP contribution in [0.1, 0.15) is 25.0 Å². The summed E-state index contributed by atoms with van der Waals surface area (Å²) in [5.74, 6) is 0. The van der Waals surface area contributed by atoms with Gasteiger partial charge in [0.1, 0.15) is 0 Å². The zero-order valence-electron chi connectivity index (χ0n) is 12.7. The maximum Gasteiger partial charge on any atom is 0.0246 e. The summed E-state index contributed by atoms with van der Waals surface area (Å²) >= 11 is 3.73. The van der Waals surface area contributed by atoms with Gasteiger partial charge in [-0.25, -0.2) is 0 Å². The number of hydrogen-bond acceptors (Lipinski definition) is 3. The van der Waals surface area contributed by atoms with E-state index < -0.39 is 0 Å². The molecule has 1 aliphatic rings. The molecule has 0 aliphatic carbocycles. The highest BCUT2D eigenvalue weighted by Gasteiger charge is 2.16. The fraction of sp³-hybridized carbons (Fsp3) is 0.625. The third-order valence-corrected chi connectivity index (χ3v) is 4.74. The lowest BCUT2D eigenvalue weighted by Gasteiger charge is -2.34. The molecule has 112 valence electrons. The van der Waals surface area contributed by atoms with Crippen molar-refractivity contribution in [3.63, 3.8) is 0 Å². The minimum atomic E-state index is 0.949. The van der Waals surface area contributed by atoms with Gasteiger partial charge in [0.15, 0.2) is 0 Å². The second-order valence-electron chi connectivity index (χ2n) is 5.42. The van der Waals surface area contributed by atoms with Crippen LogP contribution in [0.4, 0.5) is 0 Å². The molecule has 0 radical (unpaired) electrons. The largest absolute Gasteiger partial charge is 0.313 e. The maximum atomic E-state index is 3.73. The maximum absolute atomic E-state index is 3.73. The van der Waals surface area contributed by atoms with Crippen LogP contribution in [-0.4, -0.2) is 49.1 Å². The molecule has 0 atom stereocenters. The van der Waals surface area contributed by atoms with Gasteiger partial charge in [0.05, 0.1) is 0 Å². The Kier molecular flexibility index (Phi) is 6.49. The van der Waals surface area contributed by atoms with Gasteiger partial charge in [-0.15, -0.1) is 0 Å². The highest BCUT2D eigenvalue weighted by Crippen LogP contribution is 2.21. The summed E-state index contributed by atoms with van der Waals surface area (Å²) in [6.07, 6.45) is 0. The Morgan fingerprint density at radius 3 is 2.40 bits per heavy atom. The molecule has 0 unspecified atom stereocenters. The van der Waals surface area contributed by atoms with Crippen molar-refractivity contribution < 1.29 is 0 Å². The van der Waals surface area contributed by atoms with E-state index in [1.54, 1.807) is 0 Å². The molecule has 1 saturated heterocycles. The fourth-order valence-corrected chi connectivity index (χ4v) is 3.15. The number of nitrogens with zero attached hydrogens (tertiary/aromatic N) is 2. The number of piperazine rings is 1. The van der Waals surface area contributed by atoms with Crippen LogP contribution >= 0.6 is 15.9 Å². The number of hydrogen-bond donors (Lipinski definition) is 1. The Hall–Kier alpha value is -0.420. The second-order valence-corrected chi connectivity index (χ2v) is 6.27. The van der Waals surface area contributed by atoms with Crippen LogP contribution in [0.5, 0.6) is 0 Å². The molecule has 3 nitrogen and oxygen atoms in total. The molecule has 0 spiro atoms. The Morgan fingerprint density at radius 2 is 1.80 bits per heavy atom. The van der Waals surface area contributed by atoms with Crippen LogP contribution in [0.15, 0.2) is 22.7 Å². The number of nitrogens with one attached hydrogen (secondary N) is 1. The Balaban J connectivity index is 1.90. The Bertz CT molecular complexity index is 414. The summed E-state index contributed by atoms with van der Waals surface area (Å²) in [4.78, 5) is 5.07. The van der Waals surface area contributed by atoms with Crippen molar-refractivity contribution in [3.8, 4) is 0 Å². The number of halogens is 1. The van der Waals surface area contributed by atoms with Gasteiger partial charge in [-0.1, -0.05) is 41.9 Å². The molecule has 1 N–H and O–H groups in total. The van der Waals surface area contributed by atoms with Crippen LogP contribution in [0, 0.1) is 0 Å². The summed E-state index contributed by atoms with van der Waals surface area (Å²) in [6, 6.07) is 6.76. The lowest BCUT2D eigenvalue weighted by atomic mass is 10.1. The second kappa shape index (κ2) is 8.13. The monoisotopic (exact) mass is 339 g/mol. The van der Waals surface area contributed by atoms with Gasteiger partial charge >= 0.3 is 0 Å². The molecule has 1 fully saturated rings. The Morgan fingerprint density at radius 1 is 1.10 bits per heavy atom. The summed E-state index contributed by atoms with van der Waals surface area (Å²) < 4.78 is 1.24. The van der Waals surface area contributed by atoms with Gasteiger partial charge in [-0.05, 0) is 30.3 Å². The average Bonchev–Trinajstić information content (AvgIpc) is 2.48. The topological polar surface area (TPSA) is 18.5 Å². The van der Waals surface area contributed by atoms with Gasteiger partial charge in [0.2, 0.25) is 0 Å². The molecular weight excluding hydrogens is 314 g/mol. The third-order valence-electron chi connectivity index (χ3n) is 4.00. The van der Waals surface area contributed by atoms with E-state index in [9.17, 15) is 0 Å². The predicted molar refractivity (Wildman–Crippen MR) is 88.9 cm³/mol. The molecule has 1 aromatic carbocycles. The normalized spacial score (nSPS) is 17.6. The first kappa shape index (κ1) is 16.0. The van der Waals surface area contributed by atoms with Crippen molar-refractivity contribution in [3.05, 3.63) is 33.8 Å². The van der Waals surface area contributed by atoms with Crippen molar-refractivity contribution in [2.24, 2.45) is 0 Å². The number of benzene rings is 1. The summed E-state index contributed by atoms with van der Waals surface area (Å²) in [5, 5.41) is 3.37. The fourth-order valence-electron chi connectivity index (χ4n) is 2.60. The van der Waals surface area contributed by atoms with E-state index in [-0.39, 0.29) is 0 Å². The van der Waals surface area contributed by atoms with Crippen molar-refractivity contribution in [1.29, 1.82) is 0 Å². The minimum Gasteiger partial charge on any atom is -0.313 e. The lowest BCUT2D eigenvalue weighted by Crippen LogP contribution is -2.45. The van der Waals surface area contributed by atoms with E-state index in [1.165, 1.54) is 48.3 Å². The number of likely N-dealkylation sites (N-methyl/N-ethyl adjacent to an activating group) is 1. The van der Waals surface area contributed by atoms with Crippen molar-refractivity contribution in [1.82, 2.24) is 15.1 Å². The first-order valence-electron chi connectivity index (χ1n) is 7.65. The third kappa shape index (κ3) is 4.55. The van der Waals surface area contributed by atoms with E-state index in [2.05, 4.69) is 63.1 Å². The van der Waals surface area contributed by atoms with Crippen LogP contribution in [-0.2, 0) is 13.1 Å². The van der Waals surface area contributed by atoms with E-state index >= 15 is 0 Å². The van der Waals surface area contributed by atoms with Crippen molar-refractivity contribution >= 4 is 15.9 Å². The molecule has 0 saturated carbocycles. The van der Waals surface area contributed by atoms with Crippen molar-refractivity contribution in [2.45, 2.75) is 26.9 Å². The molecule has 2 rings (SSSR count). The zero-order valence-corrected chi connectivity index (χ0v) is 14.2. The molecule has 1 aliphatic heterocycles. The van der Waals surface area contributed by atoms with Gasteiger partial charge in [-0.3, -0.25) is 4.90 Å². The van der Waals surface area contributed by atoms with Gasteiger partial charge in [0, 0.05) is 43.7 Å². The summed E-state index contributed by atoms with van der Waals surface area (Å²) in [5.41, 5.74) is 2.74. The van der Waals surface area contributed by atoms with Gasteiger partial charge in [0.25, 0.3) is 0 Å². The van der Waals surface area contributed by atoms with E-state index in [0.717, 1.165) is 19.6 Å². The average molecular weight is 340 g/mol. The van der Waals surface area contributed by atoms with E-state index in [0.29, 0.717) is 0 Å². The van der Waals surface area contributed by atoms with Crippen LogP contribution in [0.2, 0.25) is 0 Å². The smallest absolute Gasteiger partial charge is 0.0246 e. The quantitative estimate of drug-likeness (QED) is 0.859. The van der Waals surface area contributed by atoms with Crippen LogP contribution in [0.3, 0.4) is 0 Å². The molecule has 4 heteroatoms. The standard InChI is InChI=1S/C16H26BrN3/c1-3-18-12-14-5-6-15(16(17)11-14)13-20-9-7-19(4-2)8-10-20/h5-6,11,18H,3-4,7-10,12-13H2,1-2H3. The first-order valence-corrected chi connectivity index (χ1v) is 8.45. The highest BCUT2D eigenvalue weighted by molar-refractivity contribution is 9.10. The van der Waals surface area contributed by atoms with E-state index in [1.807, 2.05) is 0 Å². The minimum absolute atomic E-state index is 0.949. The SMILES string of the molecule is CCNCc1ccc(CN2CCN(CC)CC2)c(Br)c1. The predicted octanol–water partition coefficient (Wildman–Crippen LogP) is 2.70. The summed E-state index contributed by atoms with van der Waals surface area (Å²) in [7, 11) is 0. The lowest BCUT2D eigenvalue weighted by molar-refractivity contribution is 0.132. The molecule has 1 aromatic rings. The molecule has 0 amide bonds. The number of rotatable bonds is 6. The van der Waals surface area contributed by atoms with Gasteiger partial charge in [-0.2, -0.15) is 0 Å². The Labute approximate surface area is 131 Å². The first-order chi connectivity index (χ1) is 9.72.